The molecular formula is C34H33ClF4N2O5S. The molecule has 0 unspecified atom stereocenters. The lowest BCUT2D eigenvalue weighted by Gasteiger charge is -2.29. The van der Waals surface area contributed by atoms with E-state index < -0.39 is 58.7 Å². The third kappa shape index (κ3) is 7.33. The number of aliphatic carboxylic acids is 1. The fourth-order valence-electron chi connectivity index (χ4n) is 6.90. The minimum absolute atomic E-state index is 0.00275. The molecule has 13 heteroatoms. The predicted molar refractivity (Wildman–Crippen MR) is 168 cm³/mol. The third-order valence-corrected chi connectivity index (χ3v) is 10.6. The Bertz CT molecular complexity index is 1730. The molecule has 3 aromatic rings. The van der Waals surface area contributed by atoms with Gasteiger partial charge in [-0.1, -0.05) is 47.9 Å². The number of carboxylic acids is 1. The first-order valence-corrected chi connectivity index (χ1v) is 16.8. The van der Waals surface area contributed by atoms with Gasteiger partial charge in [0.2, 0.25) is 5.91 Å². The number of carbonyl (C=O) groups excluding carboxylic acids is 2. The van der Waals surface area contributed by atoms with Crippen LogP contribution in [0.4, 0.5) is 17.6 Å². The van der Waals surface area contributed by atoms with Crippen molar-refractivity contribution in [3.05, 3.63) is 70.5 Å². The van der Waals surface area contributed by atoms with Crippen molar-refractivity contribution in [2.24, 2.45) is 17.3 Å². The van der Waals surface area contributed by atoms with E-state index in [0.29, 0.717) is 47.5 Å². The average Bonchev–Trinajstić information content (AvgIpc) is 3.32. The van der Waals surface area contributed by atoms with Crippen LogP contribution in [0.1, 0.15) is 62.5 Å². The molecule has 2 aromatic carbocycles. The zero-order chi connectivity index (χ0) is 33.5. The number of hydrogen-bond donors (Lipinski definition) is 1. The molecule has 3 aliphatic rings. The van der Waals surface area contributed by atoms with Crippen LogP contribution in [0.15, 0.2) is 48.6 Å². The summed E-state index contributed by atoms with van der Waals surface area (Å²) in [5.41, 5.74) is -1.69. The van der Waals surface area contributed by atoms with Crippen LogP contribution in [0.3, 0.4) is 0 Å². The lowest BCUT2D eigenvalue weighted by atomic mass is 9.90. The summed E-state index contributed by atoms with van der Waals surface area (Å²) in [6.07, 6.45) is 1.52. The van der Waals surface area contributed by atoms with Gasteiger partial charge in [0.1, 0.15) is 11.9 Å². The maximum absolute atomic E-state index is 14.3. The standard InChI is InChI=1S/C34H33ClF4N2O5S/c35-23-8-9-26-29(14-23)47-32(40-26)46-25-15-27-28(42)17-33(31(44)45)16-21(33)7-5-3-1-2-4-6-20(30(43)41(27)18-25)10-19-11-22(34(37,38)39)13-24(36)12-19/h5,7-9,11-14,20-21,25,27H,1-4,6,10,15-18H2,(H,44,45)/b7-5-/t20-,21+,25-,27+,33-/m1/s1. The molecule has 47 heavy (non-hydrogen) atoms. The first kappa shape index (κ1) is 33.4. The smallest absolute Gasteiger partial charge is 0.416 e. The molecule has 1 saturated carbocycles. The summed E-state index contributed by atoms with van der Waals surface area (Å²) in [6.45, 7) is 0.00275. The minimum Gasteiger partial charge on any atom is -0.481 e. The molecule has 1 saturated heterocycles. The number of carbonyl (C=O) groups is 3. The van der Waals surface area contributed by atoms with E-state index in [2.05, 4.69) is 4.98 Å². The number of ether oxygens (including phenoxy) is 1. The zero-order valence-electron chi connectivity index (χ0n) is 25.3. The Kier molecular flexibility index (Phi) is 9.37. The molecule has 0 bridgehead atoms. The highest BCUT2D eigenvalue weighted by molar-refractivity contribution is 7.20. The number of alkyl halides is 3. The van der Waals surface area contributed by atoms with Crippen LogP contribution in [-0.4, -0.2) is 51.3 Å². The number of Topliss-reactive ketones (excluding diaryl/α,β-unsaturated/α-hetero) is 1. The van der Waals surface area contributed by atoms with Gasteiger partial charge in [-0.05, 0) is 80.0 Å². The molecule has 250 valence electrons. The molecular weight excluding hydrogens is 660 g/mol. The van der Waals surface area contributed by atoms with Crippen molar-refractivity contribution in [1.29, 1.82) is 0 Å². The van der Waals surface area contributed by atoms with E-state index in [9.17, 15) is 37.1 Å². The Morgan fingerprint density at radius 3 is 2.72 bits per heavy atom. The predicted octanol–water partition coefficient (Wildman–Crippen LogP) is 7.89. The lowest BCUT2D eigenvalue weighted by Crippen LogP contribution is -2.45. The van der Waals surface area contributed by atoms with Gasteiger partial charge in [-0.25, -0.2) is 9.37 Å². The van der Waals surface area contributed by atoms with Crippen LogP contribution in [-0.2, 0) is 27.0 Å². The second-order valence-electron chi connectivity index (χ2n) is 12.8. The maximum atomic E-state index is 14.3. The van der Waals surface area contributed by atoms with Crippen LogP contribution < -0.4 is 4.74 Å². The monoisotopic (exact) mass is 692 g/mol. The first-order valence-electron chi connectivity index (χ1n) is 15.6. The molecule has 0 spiro atoms. The summed E-state index contributed by atoms with van der Waals surface area (Å²) in [6, 6.07) is 6.49. The highest BCUT2D eigenvalue weighted by atomic mass is 35.5. The fraction of sp³-hybridized carbons (Fsp3) is 0.471. The van der Waals surface area contributed by atoms with Crippen molar-refractivity contribution in [3.63, 3.8) is 0 Å². The molecule has 0 radical (unpaired) electrons. The van der Waals surface area contributed by atoms with E-state index in [-0.39, 0.29) is 37.3 Å². The van der Waals surface area contributed by atoms with Crippen LogP contribution in [0.25, 0.3) is 10.2 Å². The van der Waals surface area contributed by atoms with Crippen molar-refractivity contribution in [1.82, 2.24) is 9.88 Å². The Labute approximate surface area is 277 Å². The Morgan fingerprint density at radius 2 is 1.96 bits per heavy atom. The van der Waals surface area contributed by atoms with Gasteiger partial charge in [0.05, 0.1) is 33.8 Å². The highest BCUT2D eigenvalue weighted by Crippen LogP contribution is 2.57. The molecule has 5 atom stereocenters. The van der Waals surface area contributed by atoms with Crippen LogP contribution in [0, 0.1) is 23.1 Å². The quantitative estimate of drug-likeness (QED) is 0.216. The number of fused-ring (bicyclic) bond motifs is 3. The minimum atomic E-state index is -4.76. The number of nitrogens with zero attached hydrogens (tertiary/aromatic N) is 2. The molecule has 3 heterocycles. The first-order chi connectivity index (χ1) is 22.3. The molecule has 1 aromatic heterocycles. The molecule has 1 N–H and O–H groups in total. The van der Waals surface area contributed by atoms with E-state index in [1.807, 2.05) is 12.2 Å². The van der Waals surface area contributed by atoms with Gasteiger partial charge in [-0.15, -0.1) is 0 Å². The zero-order valence-corrected chi connectivity index (χ0v) is 26.8. The summed E-state index contributed by atoms with van der Waals surface area (Å²) in [5, 5.41) is 11.0. The number of benzene rings is 2. The van der Waals surface area contributed by atoms with E-state index in [0.717, 1.165) is 29.7 Å². The summed E-state index contributed by atoms with van der Waals surface area (Å²) < 4.78 is 61.8. The SMILES string of the molecule is O=C1C[C@]2(C(=O)O)C[C@@H]2/C=C\CCCCC[C@H](Cc2cc(F)cc(C(F)(F)F)c2)C(=O)N2C[C@H](Oc3nc4ccc(Cl)cc4s3)C[C@@H]12. The van der Waals surface area contributed by atoms with Crippen LogP contribution >= 0.6 is 22.9 Å². The largest absolute Gasteiger partial charge is 0.481 e. The molecule has 6 rings (SSSR count). The topological polar surface area (TPSA) is 96.8 Å². The Hall–Kier alpha value is -3.51. The molecule has 1 aliphatic carbocycles. The van der Waals surface area contributed by atoms with E-state index in [1.165, 1.54) is 16.2 Å². The van der Waals surface area contributed by atoms with E-state index in [1.54, 1.807) is 18.2 Å². The Morgan fingerprint density at radius 1 is 1.15 bits per heavy atom. The van der Waals surface area contributed by atoms with Gasteiger partial charge in [-0.3, -0.25) is 14.4 Å². The van der Waals surface area contributed by atoms with Gasteiger partial charge in [0.25, 0.3) is 5.19 Å². The van der Waals surface area contributed by atoms with E-state index in [4.69, 9.17) is 16.3 Å². The van der Waals surface area contributed by atoms with Gasteiger partial charge in [0, 0.05) is 23.8 Å². The van der Waals surface area contributed by atoms with Crippen LogP contribution in [0.5, 0.6) is 5.19 Å². The van der Waals surface area contributed by atoms with Crippen molar-refractivity contribution in [3.8, 4) is 5.19 Å². The van der Waals surface area contributed by atoms with Crippen molar-refractivity contribution >= 4 is 50.8 Å². The number of allylic oxidation sites excluding steroid dienone is 2. The number of amides is 1. The molecule has 7 nitrogen and oxygen atoms in total. The number of halogens is 5. The summed E-state index contributed by atoms with van der Waals surface area (Å²) in [4.78, 5) is 46.5. The molecule has 2 fully saturated rings. The second-order valence-corrected chi connectivity index (χ2v) is 14.2. The third-order valence-electron chi connectivity index (χ3n) is 9.47. The maximum Gasteiger partial charge on any atom is 0.416 e. The van der Waals surface area contributed by atoms with Gasteiger partial charge in [0.15, 0.2) is 5.78 Å². The second kappa shape index (κ2) is 13.2. The van der Waals surface area contributed by atoms with E-state index >= 15 is 0 Å². The fourth-order valence-corrected chi connectivity index (χ4v) is 8.05. The number of aromatic nitrogens is 1. The Balaban J connectivity index is 1.31. The number of rotatable bonds is 5. The summed E-state index contributed by atoms with van der Waals surface area (Å²) in [5.74, 6) is -4.09. The van der Waals surface area contributed by atoms with Gasteiger partial charge >= 0.3 is 12.1 Å². The van der Waals surface area contributed by atoms with Crippen LogP contribution in [0.2, 0.25) is 5.02 Å². The normalized spacial score (nSPS) is 27.9. The number of ketones is 1. The summed E-state index contributed by atoms with van der Waals surface area (Å²) in [7, 11) is 0. The molecule has 2 aliphatic heterocycles. The van der Waals surface area contributed by atoms with Crippen molar-refractivity contribution in [2.45, 2.75) is 76.1 Å². The average molecular weight is 693 g/mol. The van der Waals surface area contributed by atoms with Gasteiger partial charge < -0.3 is 14.7 Å². The summed E-state index contributed by atoms with van der Waals surface area (Å²) >= 11 is 7.38. The number of carboxylic acid groups (broad SMARTS) is 1. The number of hydrogen-bond acceptors (Lipinski definition) is 6. The van der Waals surface area contributed by atoms with Crippen molar-refractivity contribution < 1.29 is 41.8 Å². The highest BCUT2D eigenvalue weighted by Gasteiger charge is 2.61. The number of thiazole rings is 1. The lowest BCUT2D eigenvalue weighted by molar-refractivity contribution is -0.147. The van der Waals surface area contributed by atoms with Crippen molar-refractivity contribution in [2.75, 3.05) is 6.54 Å². The van der Waals surface area contributed by atoms with Gasteiger partial charge in [-0.2, -0.15) is 13.2 Å². The molecule has 1 amide bonds.